The molecule has 0 aliphatic rings. The highest BCUT2D eigenvalue weighted by Gasteiger charge is 2.18. The van der Waals surface area contributed by atoms with Crippen molar-refractivity contribution >= 4 is 23.3 Å². The number of nitrogen functional groups attached to an aromatic ring is 1. The molecule has 5 heteroatoms. The molecule has 2 N–H and O–H groups in total. The van der Waals surface area contributed by atoms with Crippen LogP contribution in [0.3, 0.4) is 0 Å². The summed E-state index contributed by atoms with van der Waals surface area (Å²) in [4.78, 5) is 11.7. The number of hydrogen-bond acceptors (Lipinski definition) is 4. The van der Waals surface area contributed by atoms with Crippen LogP contribution in [0.25, 0.3) is 0 Å². The first-order chi connectivity index (χ1) is 8.35. The predicted octanol–water partition coefficient (Wildman–Crippen LogP) is 3.02. The number of nitrogens with two attached hydrogens (primary N) is 1. The van der Waals surface area contributed by atoms with Gasteiger partial charge >= 0.3 is 5.97 Å². The summed E-state index contributed by atoms with van der Waals surface area (Å²) in [6.07, 6.45) is 0.467. The van der Waals surface area contributed by atoms with E-state index in [2.05, 4.69) is 6.07 Å². The van der Waals surface area contributed by atoms with Crippen LogP contribution < -0.4 is 5.73 Å². The number of benzene rings is 1. The number of carbonyl (C=O) groups excluding carboxylic acids is 1. The first kappa shape index (κ1) is 14.3. The van der Waals surface area contributed by atoms with E-state index in [1.807, 2.05) is 0 Å². The number of rotatable bonds is 4. The maximum atomic E-state index is 11.7. The molecular weight excluding hydrogens is 252 g/mol. The van der Waals surface area contributed by atoms with Crippen LogP contribution in [0.1, 0.15) is 30.6 Å². The highest BCUT2D eigenvalue weighted by molar-refractivity contribution is 6.33. The predicted molar refractivity (Wildman–Crippen MR) is 70.2 cm³/mol. The van der Waals surface area contributed by atoms with Crippen molar-refractivity contribution in [3.63, 3.8) is 0 Å². The Kier molecular flexibility index (Phi) is 4.57. The van der Waals surface area contributed by atoms with Gasteiger partial charge in [0.2, 0.25) is 0 Å². The molecule has 4 nitrogen and oxygen atoms in total. The van der Waals surface area contributed by atoms with Crippen molar-refractivity contribution in [2.75, 3.05) is 12.3 Å². The van der Waals surface area contributed by atoms with E-state index in [1.165, 1.54) is 6.07 Å². The van der Waals surface area contributed by atoms with Gasteiger partial charge in [-0.05, 0) is 38.5 Å². The molecule has 0 aliphatic heterocycles. The summed E-state index contributed by atoms with van der Waals surface area (Å²) in [6.45, 7) is 3.74. The van der Waals surface area contributed by atoms with Gasteiger partial charge in [-0.2, -0.15) is 5.26 Å². The standard InChI is InChI=1S/C13H15ClN2O2/c1-13(2,8-15)5-6-18-12(17)10-7-9(16)3-4-11(10)14/h3-4,7H,5-6,16H2,1-2H3. The first-order valence-electron chi connectivity index (χ1n) is 5.49. The van der Waals surface area contributed by atoms with Crippen LogP contribution in [0.15, 0.2) is 18.2 Å². The van der Waals surface area contributed by atoms with Gasteiger partial charge in [0.1, 0.15) is 0 Å². The number of hydrogen-bond donors (Lipinski definition) is 1. The van der Waals surface area contributed by atoms with Gasteiger partial charge in [-0.15, -0.1) is 0 Å². The molecule has 1 rings (SSSR count). The zero-order chi connectivity index (χ0) is 13.8. The maximum Gasteiger partial charge on any atom is 0.339 e. The van der Waals surface area contributed by atoms with Crippen molar-refractivity contribution in [3.05, 3.63) is 28.8 Å². The molecule has 0 bridgehead atoms. The van der Waals surface area contributed by atoms with E-state index in [4.69, 9.17) is 27.3 Å². The second-order valence-corrected chi connectivity index (χ2v) is 5.03. The van der Waals surface area contributed by atoms with Gasteiger partial charge in [-0.1, -0.05) is 11.6 Å². The van der Waals surface area contributed by atoms with E-state index in [0.717, 1.165) is 0 Å². The minimum atomic E-state index is -0.527. The third kappa shape index (κ3) is 3.94. The van der Waals surface area contributed by atoms with E-state index in [1.54, 1.807) is 26.0 Å². The Labute approximate surface area is 111 Å². The normalized spacial score (nSPS) is 10.8. The third-order valence-corrected chi connectivity index (χ3v) is 2.80. The Morgan fingerprint density at radius 1 is 1.56 bits per heavy atom. The maximum absolute atomic E-state index is 11.7. The average molecular weight is 267 g/mol. The zero-order valence-corrected chi connectivity index (χ0v) is 11.1. The molecule has 0 amide bonds. The van der Waals surface area contributed by atoms with Gasteiger partial charge in [0.15, 0.2) is 0 Å². The monoisotopic (exact) mass is 266 g/mol. The van der Waals surface area contributed by atoms with Gasteiger partial charge < -0.3 is 10.5 Å². The van der Waals surface area contributed by atoms with E-state index >= 15 is 0 Å². The molecule has 0 saturated heterocycles. The van der Waals surface area contributed by atoms with Gasteiger partial charge in [0, 0.05) is 5.69 Å². The van der Waals surface area contributed by atoms with Crippen molar-refractivity contribution < 1.29 is 9.53 Å². The highest BCUT2D eigenvalue weighted by Crippen LogP contribution is 2.21. The number of carbonyl (C=O) groups is 1. The van der Waals surface area contributed by atoms with Gasteiger partial charge in [0.25, 0.3) is 0 Å². The number of anilines is 1. The van der Waals surface area contributed by atoms with Crippen LogP contribution in [0.2, 0.25) is 5.02 Å². The topological polar surface area (TPSA) is 76.1 Å². The molecule has 0 aliphatic carbocycles. The second kappa shape index (κ2) is 5.74. The number of halogens is 1. The fourth-order valence-corrected chi connectivity index (χ4v) is 1.43. The molecule has 0 aromatic heterocycles. The SMILES string of the molecule is CC(C)(C#N)CCOC(=O)c1cc(N)ccc1Cl. The van der Waals surface area contributed by atoms with Crippen LogP contribution in [0, 0.1) is 16.7 Å². The van der Waals surface area contributed by atoms with Crippen LogP contribution in [0.5, 0.6) is 0 Å². The van der Waals surface area contributed by atoms with Crippen LogP contribution in [-0.2, 0) is 4.74 Å². The van der Waals surface area contributed by atoms with E-state index in [9.17, 15) is 4.79 Å². The van der Waals surface area contributed by atoms with Crippen LogP contribution in [-0.4, -0.2) is 12.6 Å². The molecular formula is C13H15ClN2O2. The minimum Gasteiger partial charge on any atom is -0.462 e. The smallest absolute Gasteiger partial charge is 0.339 e. The summed E-state index contributed by atoms with van der Waals surface area (Å²) in [6, 6.07) is 6.77. The van der Waals surface area contributed by atoms with Gasteiger partial charge in [-0.25, -0.2) is 4.79 Å². The lowest BCUT2D eigenvalue weighted by Crippen LogP contribution is -2.15. The zero-order valence-electron chi connectivity index (χ0n) is 10.4. The molecule has 0 atom stereocenters. The average Bonchev–Trinajstić information content (AvgIpc) is 2.32. The quantitative estimate of drug-likeness (QED) is 0.671. The summed E-state index contributed by atoms with van der Waals surface area (Å²) in [5.41, 5.74) is 5.75. The lowest BCUT2D eigenvalue weighted by atomic mass is 9.92. The van der Waals surface area contributed by atoms with E-state index in [-0.39, 0.29) is 12.2 Å². The summed E-state index contributed by atoms with van der Waals surface area (Å²) < 4.78 is 5.07. The highest BCUT2D eigenvalue weighted by atomic mass is 35.5. The Morgan fingerprint density at radius 3 is 2.83 bits per heavy atom. The molecule has 18 heavy (non-hydrogen) atoms. The van der Waals surface area contributed by atoms with E-state index < -0.39 is 11.4 Å². The molecule has 0 heterocycles. The molecule has 0 spiro atoms. The summed E-state index contributed by atoms with van der Waals surface area (Å²) in [5, 5.41) is 9.13. The Balaban J connectivity index is 2.62. The Hall–Kier alpha value is -1.73. The lowest BCUT2D eigenvalue weighted by molar-refractivity contribution is 0.0475. The number of esters is 1. The molecule has 0 unspecified atom stereocenters. The third-order valence-electron chi connectivity index (χ3n) is 2.47. The molecule has 0 saturated carbocycles. The summed E-state index contributed by atoms with van der Waals surface area (Å²) in [7, 11) is 0. The van der Waals surface area contributed by atoms with E-state index in [0.29, 0.717) is 17.1 Å². The largest absolute Gasteiger partial charge is 0.462 e. The first-order valence-corrected chi connectivity index (χ1v) is 5.87. The van der Waals surface area contributed by atoms with Crippen molar-refractivity contribution in [2.45, 2.75) is 20.3 Å². The molecule has 1 aromatic carbocycles. The molecule has 96 valence electrons. The van der Waals surface area contributed by atoms with Crippen molar-refractivity contribution in [1.82, 2.24) is 0 Å². The summed E-state index contributed by atoms with van der Waals surface area (Å²) >= 11 is 5.88. The summed E-state index contributed by atoms with van der Waals surface area (Å²) in [5.74, 6) is -0.527. The van der Waals surface area contributed by atoms with Gasteiger partial charge in [0.05, 0.1) is 28.7 Å². The van der Waals surface area contributed by atoms with Gasteiger partial charge in [-0.3, -0.25) is 0 Å². The van der Waals surface area contributed by atoms with Crippen molar-refractivity contribution in [2.24, 2.45) is 5.41 Å². The minimum absolute atomic E-state index is 0.171. The van der Waals surface area contributed by atoms with Crippen molar-refractivity contribution in [3.8, 4) is 6.07 Å². The van der Waals surface area contributed by atoms with Crippen molar-refractivity contribution in [1.29, 1.82) is 5.26 Å². The fourth-order valence-electron chi connectivity index (χ4n) is 1.23. The fraction of sp³-hybridized carbons (Fsp3) is 0.385. The Bertz CT molecular complexity index is 492. The van der Waals surface area contributed by atoms with Crippen LogP contribution >= 0.6 is 11.6 Å². The molecule has 1 aromatic rings. The number of nitriles is 1. The molecule has 0 radical (unpaired) electrons. The number of ether oxygens (including phenoxy) is 1. The lowest BCUT2D eigenvalue weighted by Gasteiger charge is -2.14. The Morgan fingerprint density at radius 2 is 2.22 bits per heavy atom. The second-order valence-electron chi connectivity index (χ2n) is 4.62. The van der Waals surface area contributed by atoms with Crippen LogP contribution in [0.4, 0.5) is 5.69 Å². The molecule has 0 fully saturated rings. The number of nitrogens with zero attached hydrogens (tertiary/aromatic N) is 1.